The van der Waals surface area contributed by atoms with E-state index < -0.39 is 0 Å². The van der Waals surface area contributed by atoms with Crippen molar-refractivity contribution >= 4 is 22.7 Å². The number of hydrogen-bond donors (Lipinski definition) is 1. The SMILES string of the molecule is CCCNC1COCC1c1nc2cc(Cl)ccc2o1. The predicted octanol–water partition coefficient (Wildman–Crippen LogP) is 2.96. The van der Waals surface area contributed by atoms with Gasteiger partial charge in [0.05, 0.1) is 19.1 Å². The largest absolute Gasteiger partial charge is 0.440 e. The van der Waals surface area contributed by atoms with Crippen LogP contribution in [0.25, 0.3) is 11.1 Å². The van der Waals surface area contributed by atoms with Crippen LogP contribution in [0.1, 0.15) is 25.2 Å². The number of benzene rings is 1. The Morgan fingerprint density at radius 1 is 1.42 bits per heavy atom. The molecule has 19 heavy (non-hydrogen) atoms. The first-order chi connectivity index (χ1) is 9.28. The average Bonchev–Trinajstić information content (AvgIpc) is 3.01. The van der Waals surface area contributed by atoms with Gasteiger partial charge in [-0.15, -0.1) is 0 Å². The van der Waals surface area contributed by atoms with Gasteiger partial charge in [0.2, 0.25) is 5.89 Å². The maximum Gasteiger partial charge on any atom is 0.202 e. The van der Waals surface area contributed by atoms with Gasteiger partial charge >= 0.3 is 0 Å². The van der Waals surface area contributed by atoms with Crippen molar-refractivity contribution in [2.24, 2.45) is 0 Å². The van der Waals surface area contributed by atoms with Crippen LogP contribution in [-0.2, 0) is 4.74 Å². The molecule has 0 amide bonds. The Morgan fingerprint density at radius 3 is 3.16 bits per heavy atom. The Labute approximate surface area is 117 Å². The first kappa shape index (κ1) is 12.9. The van der Waals surface area contributed by atoms with Crippen molar-refractivity contribution in [3.8, 4) is 0 Å². The highest BCUT2D eigenvalue weighted by Crippen LogP contribution is 2.29. The molecular formula is C14H17ClN2O2. The molecule has 3 rings (SSSR count). The van der Waals surface area contributed by atoms with Crippen molar-refractivity contribution in [1.29, 1.82) is 0 Å². The summed E-state index contributed by atoms with van der Waals surface area (Å²) in [7, 11) is 0. The summed E-state index contributed by atoms with van der Waals surface area (Å²) in [5.41, 5.74) is 1.59. The average molecular weight is 281 g/mol. The van der Waals surface area contributed by atoms with Crippen LogP contribution in [0.2, 0.25) is 5.02 Å². The number of nitrogens with zero attached hydrogens (tertiary/aromatic N) is 1. The summed E-state index contributed by atoms with van der Waals surface area (Å²) in [5, 5.41) is 4.16. The maximum absolute atomic E-state index is 5.97. The minimum atomic E-state index is 0.178. The Morgan fingerprint density at radius 2 is 2.32 bits per heavy atom. The fourth-order valence-electron chi connectivity index (χ4n) is 2.41. The summed E-state index contributed by atoms with van der Waals surface area (Å²) in [6, 6.07) is 5.78. The van der Waals surface area contributed by atoms with E-state index in [0.29, 0.717) is 18.2 Å². The van der Waals surface area contributed by atoms with Crippen molar-refractivity contribution < 1.29 is 9.15 Å². The van der Waals surface area contributed by atoms with E-state index in [-0.39, 0.29) is 12.0 Å². The zero-order valence-electron chi connectivity index (χ0n) is 10.9. The molecule has 4 nitrogen and oxygen atoms in total. The lowest BCUT2D eigenvalue weighted by Gasteiger charge is -2.15. The highest BCUT2D eigenvalue weighted by atomic mass is 35.5. The molecule has 102 valence electrons. The molecule has 2 aromatic rings. The second-order valence-electron chi connectivity index (χ2n) is 4.87. The van der Waals surface area contributed by atoms with E-state index in [9.17, 15) is 0 Å². The number of fused-ring (bicyclic) bond motifs is 1. The number of nitrogens with one attached hydrogen (secondary N) is 1. The monoisotopic (exact) mass is 280 g/mol. The van der Waals surface area contributed by atoms with Crippen LogP contribution in [0.3, 0.4) is 0 Å². The van der Waals surface area contributed by atoms with Crippen molar-refractivity contribution in [2.45, 2.75) is 25.3 Å². The van der Waals surface area contributed by atoms with E-state index in [1.165, 1.54) is 0 Å². The lowest BCUT2D eigenvalue weighted by molar-refractivity contribution is 0.186. The summed E-state index contributed by atoms with van der Waals surface area (Å²) < 4.78 is 11.4. The third-order valence-electron chi connectivity index (χ3n) is 3.42. The van der Waals surface area contributed by atoms with E-state index in [2.05, 4.69) is 17.2 Å². The van der Waals surface area contributed by atoms with Crippen molar-refractivity contribution in [3.05, 3.63) is 29.1 Å². The van der Waals surface area contributed by atoms with Crippen LogP contribution in [0, 0.1) is 0 Å². The molecule has 1 aliphatic heterocycles. The number of hydrogen-bond acceptors (Lipinski definition) is 4. The van der Waals surface area contributed by atoms with Gasteiger partial charge < -0.3 is 14.5 Å². The Hall–Kier alpha value is -1.10. The summed E-state index contributed by atoms with van der Waals surface area (Å²) in [6.07, 6.45) is 1.10. The van der Waals surface area contributed by atoms with Crippen molar-refractivity contribution in [1.82, 2.24) is 10.3 Å². The lowest BCUT2D eigenvalue weighted by Crippen LogP contribution is -2.34. The molecule has 0 radical (unpaired) electrons. The Bertz CT molecular complexity index is 570. The van der Waals surface area contributed by atoms with Crippen molar-refractivity contribution in [3.63, 3.8) is 0 Å². The lowest BCUT2D eigenvalue weighted by atomic mass is 10.0. The molecule has 1 aromatic heterocycles. The normalized spacial score (nSPS) is 23.3. The van der Waals surface area contributed by atoms with Gasteiger partial charge in [0, 0.05) is 11.1 Å². The van der Waals surface area contributed by atoms with Gasteiger partial charge in [-0.3, -0.25) is 0 Å². The van der Waals surface area contributed by atoms with E-state index in [4.69, 9.17) is 20.8 Å². The minimum absolute atomic E-state index is 0.178. The van der Waals surface area contributed by atoms with Crippen molar-refractivity contribution in [2.75, 3.05) is 19.8 Å². The second-order valence-corrected chi connectivity index (χ2v) is 5.31. The van der Waals surface area contributed by atoms with E-state index in [1.54, 1.807) is 0 Å². The van der Waals surface area contributed by atoms with Crippen LogP contribution in [0.4, 0.5) is 0 Å². The number of ether oxygens (including phenoxy) is 1. The number of halogens is 1. The first-order valence-corrected chi connectivity index (χ1v) is 7.03. The third-order valence-corrected chi connectivity index (χ3v) is 3.66. The van der Waals surface area contributed by atoms with Crippen LogP contribution >= 0.6 is 11.6 Å². The highest BCUT2D eigenvalue weighted by Gasteiger charge is 2.32. The molecule has 0 spiro atoms. The Kier molecular flexibility index (Phi) is 3.73. The van der Waals surface area contributed by atoms with Gasteiger partial charge in [0.1, 0.15) is 5.52 Å². The fraction of sp³-hybridized carbons (Fsp3) is 0.500. The number of oxazole rings is 1. The van der Waals surface area contributed by atoms with Crippen LogP contribution in [0.15, 0.2) is 22.6 Å². The smallest absolute Gasteiger partial charge is 0.202 e. The molecule has 2 unspecified atom stereocenters. The van der Waals surface area contributed by atoms with Gasteiger partial charge in [-0.1, -0.05) is 18.5 Å². The van der Waals surface area contributed by atoms with Gasteiger partial charge in [0.25, 0.3) is 0 Å². The molecule has 0 saturated carbocycles. The second kappa shape index (κ2) is 5.49. The van der Waals surface area contributed by atoms with Crippen LogP contribution in [0.5, 0.6) is 0 Å². The molecule has 1 fully saturated rings. The molecule has 1 N–H and O–H groups in total. The molecule has 1 saturated heterocycles. The third kappa shape index (κ3) is 2.61. The number of rotatable bonds is 4. The molecular weight excluding hydrogens is 264 g/mol. The molecule has 0 bridgehead atoms. The zero-order valence-corrected chi connectivity index (χ0v) is 11.6. The quantitative estimate of drug-likeness (QED) is 0.935. The van der Waals surface area contributed by atoms with E-state index >= 15 is 0 Å². The maximum atomic E-state index is 5.97. The summed E-state index contributed by atoms with van der Waals surface area (Å²) in [4.78, 5) is 4.54. The predicted molar refractivity (Wildman–Crippen MR) is 74.7 cm³/mol. The van der Waals surface area contributed by atoms with E-state index in [0.717, 1.165) is 30.0 Å². The molecule has 0 aliphatic carbocycles. The standard InChI is InChI=1S/C14H17ClN2O2/c1-2-5-16-12-8-18-7-10(12)14-17-11-6-9(15)3-4-13(11)19-14/h3-4,6,10,12,16H,2,5,7-8H2,1H3. The van der Waals surface area contributed by atoms with Gasteiger partial charge in [0.15, 0.2) is 5.58 Å². The first-order valence-electron chi connectivity index (χ1n) is 6.65. The topological polar surface area (TPSA) is 47.3 Å². The Balaban J connectivity index is 1.86. The summed E-state index contributed by atoms with van der Waals surface area (Å²) in [6.45, 7) is 4.50. The van der Waals surface area contributed by atoms with Gasteiger partial charge in [-0.2, -0.15) is 0 Å². The minimum Gasteiger partial charge on any atom is -0.440 e. The molecule has 2 heterocycles. The van der Waals surface area contributed by atoms with Gasteiger partial charge in [-0.05, 0) is 31.2 Å². The van der Waals surface area contributed by atoms with Crippen LogP contribution in [-0.4, -0.2) is 30.8 Å². The summed E-state index contributed by atoms with van der Waals surface area (Å²) >= 11 is 5.97. The summed E-state index contributed by atoms with van der Waals surface area (Å²) in [5.74, 6) is 0.918. The molecule has 1 aromatic carbocycles. The van der Waals surface area contributed by atoms with Crippen LogP contribution < -0.4 is 5.32 Å². The fourth-order valence-corrected chi connectivity index (χ4v) is 2.57. The van der Waals surface area contributed by atoms with E-state index in [1.807, 2.05) is 18.2 Å². The molecule has 5 heteroatoms. The molecule has 2 atom stereocenters. The number of aromatic nitrogens is 1. The zero-order chi connectivity index (χ0) is 13.2. The van der Waals surface area contributed by atoms with Gasteiger partial charge in [-0.25, -0.2) is 4.98 Å². The highest BCUT2D eigenvalue weighted by molar-refractivity contribution is 6.31. The molecule has 1 aliphatic rings.